The van der Waals surface area contributed by atoms with E-state index in [1.165, 1.54) is 0 Å². The smallest absolute Gasteiger partial charge is 0.256 e. The summed E-state index contributed by atoms with van der Waals surface area (Å²) in [5.41, 5.74) is 2.27. The number of ether oxygens (including phenoxy) is 1. The first-order chi connectivity index (χ1) is 18.0. The van der Waals surface area contributed by atoms with Gasteiger partial charge in [0.05, 0.1) is 22.8 Å². The van der Waals surface area contributed by atoms with Gasteiger partial charge in [0.25, 0.3) is 11.8 Å². The van der Waals surface area contributed by atoms with Gasteiger partial charge in [-0.15, -0.1) is 0 Å². The van der Waals surface area contributed by atoms with Gasteiger partial charge in [-0.2, -0.15) is 0 Å². The Morgan fingerprint density at radius 3 is 2.08 bits per heavy atom. The van der Waals surface area contributed by atoms with E-state index in [2.05, 4.69) is 4.90 Å². The Morgan fingerprint density at radius 2 is 1.46 bits per heavy atom. The van der Waals surface area contributed by atoms with Crippen molar-refractivity contribution in [3.8, 4) is 0 Å². The fourth-order valence-corrected chi connectivity index (χ4v) is 5.91. The van der Waals surface area contributed by atoms with E-state index in [4.69, 9.17) is 16.3 Å². The van der Waals surface area contributed by atoms with Crippen LogP contribution in [0.2, 0.25) is 5.02 Å². The zero-order valence-electron chi connectivity index (χ0n) is 21.2. The van der Waals surface area contributed by atoms with E-state index in [1.807, 2.05) is 41.3 Å². The Hall–Kier alpha value is -2.61. The third-order valence-electron chi connectivity index (χ3n) is 7.87. The molecule has 1 N–H and O–H groups in total. The van der Waals surface area contributed by atoms with Crippen molar-refractivity contribution in [1.82, 2.24) is 9.80 Å². The molecule has 3 aliphatic heterocycles. The third kappa shape index (κ3) is 6.11. The zero-order chi connectivity index (χ0) is 25.8. The highest BCUT2D eigenvalue weighted by molar-refractivity contribution is 6.34. The van der Waals surface area contributed by atoms with Crippen molar-refractivity contribution in [3.63, 3.8) is 0 Å². The van der Waals surface area contributed by atoms with E-state index in [9.17, 15) is 14.7 Å². The van der Waals surface area contributed by atoms with Crippen LogP contribution in [-0.4, -0.2) is 78.2 Å². The first-order valence-corrected chi connectivity index (χ1v) is 13.9. The molecular weight excluding hydrogens is 490 g/mol. The Labute approximate surface area is 223 Å². The van der Waals surface area contributed by atoms with Crippen LogP contribution in [0.5, 0.6) is 0 Å². The maximum absolute atomic E-state index is 12.7. The molecule has 0 radical (unpaired) electrons. The molecule has 1 unspecified atom stereocenters. The number of amides is 2. The minimum atomic E-state index is -1.11. The molecule has 3 heterocycles. The quantitative estimate of drug-likeness (QED) is 0.609. The minimum Gasteiger partial charge on any atom is -0.378 e. The van der Waals surface area contributed by atoms with Crippen molar-refractivity contribution in [2.24, 2.45) is 0 Å². The summed E-state index contributed by atoms with van der Waals surface area (Å²) in [5, 5.41) is 11.0. The number of likely N-dealkylation sites (tertiary alicyclic amines) is 2. The zero-order valence-corrected chi connectivity index (χ0v) is 22.0. The predicted molar refractivity (Wildman–Crippen MR) is 144 cm³/mol. The van der Waals surface area contributed by atoms with Crippen LogP contribution in [0.1, 0.15) is 60.6 Å². The van der Waals surface area contributed by atoms with Crippen molar-refractivity contribution in [2.45, 2.75) is 56.8 Å². The number of benzene rings is 2. The summed E-state index contributed by atoms with van der Waals surface area (Å²) < 4.78 is 6.42. The van der Waals surface area contributed by atoms with Gasteiger partial charge in [0.2, 0.25) is 0 Å². The molecule has 0 saturated carbocycles. The average Bonchev–Trinajstić information content (AvgIpc) is 3.48. The van der Waals surface area contributed by atoms with Crippen LogP contribution >= 0.6 is 11.6 Å². The molecule has 2 aromatic rings. The lowest BCUT2D eigenvalue weighted by Crippen LogP contribution is -2.45. The molecule has 2 aromatic carbocycles. The summed E-state index contributed by atoms with van der Waals surface area (Å²) in [5.74, 6) is -0.201. The molecule has 1 atom stereocenters. The summed E-state index contributed by atoms with van der Waals surface area (Å²) >= 11 is 6.53. The number of aliphatic hydroxyl groups is 1. The number of hydrogen-bond donors (Lipinski definition) is 1. The van der Waals surface area contributed by atoms with Gasteiger partial charge in [-0.3, -0.25) is 9.59 Å². The second-order valence-corrected chi connectivity index (χ2v) is 10.7. The number of anilines is 1. The lowest BCUT2D eigenvalue weighted by Gasteiger charge is -2.38. The van der Waals surface area contributed by atoms with Crippen LogP contribution in [-0.2, 0) is 9.53 Å². The number of piperidine rings is 2. The summed E-state index contributed by atoms with van der Waals surface area (Å²) in [6, 6.07) is 14.9. The average molecular weight is 526 g/mol. The Bertz CT molecular complexity index is 1080. The Kier molecular flexibility index (Phi) is 8.33. The monoisotopic (exact) mass is 525 g/mol. The molecule has 2 amide bonds. The van der Waals surface area contributed by atoms with Gasteiger partial charge in [0.1, 0.15) is 0 Å². The molecule has 0 bridgehead atoms. The molecular formula is C29H36ClN3O4. The van der Waals surface area contributed by atoms with Crippen molar-refractivity contribution in [1.29, 1.82) is 0 Å². The maximum atomic E-state index is 12.7. The third-order valence-corrected chi connectivity index (χ3v) is 8.18. The van der Waals surface area contributed by atoms with E-state index in [1.54, 1.807) is 17.0 Å². The summed E-state index contributed by atoms with van der Waals surface area (Å²) in [6.45, 7) is 4.59. The van der Waals surface area contributed by atoms with Gasteiger partial charge >= 0.3 is 0 Å². The van der Waals surface area contributed by atoms with Crippen LogP contribution in [0.15, 0.2) is 48.5 Å². The second-order valence-electron chi connectivity index (χ2n) is 10.3. The summed E-state index contributed by atoms with van der Waals surface area (Å²) in [4.78, 5) is 31.4. The number of halogens is 1. The van der Waals surface area contributed by atoms with E-state index in [-0.39, 0.29) is 24.0 Å². The highest BCUT2D eigenvalue weighted by Crippen LogP contribution is 2.29. The summed E-state index contributed by atoms with van der Waals surface area (Å²) in [6.07, 6.45) is 4.79. The van der Waals surface area contributed by atoms with Crippen molar-refractivity contribution >= 4 is 29.1 Å². The molecule has 3 fully saturated rings. The van der Waals surface area contributed by atoms with E-state index in [0.29, 0.717) is 29.2 Å². The highest BCUT2D eigenvalue weighted by Gasteiger charge is 2.30. The molecule has 0 aromatic heterocycles. The first kappa shape index (κ1) is 26.0. The van der Waals surface area contributed by atoms with Gasteiger partial charge in [0.15, 0.2) is 6.10 Å². The predicted octanol–water partition coefficient (Wildman–Crippen LogP) is 4.29. The molecule has 0 aliphatic carbocycles. The standard InChI is InChI=1S/C29H36ClN3O4/c30-26-20-22(8-9-25(26)28(35)32-14-4-5-15-32)31-16-10-23(11-17-31)37-24-12-18-33(19-13-24)29(36)27(34)21-6-2-1-3-7-21/h1-3,6-9,20,23-24,27,34H,4-5,10-19H2. The molecule has 7 nitrogen and oxygen atoms in total. The number of nitrogens with zero attached hydrogens (tertiary/aromatic N) is 3. The molecule has 8 heteroatoms. The minimum absolute atomic E-state index is 0.0310. The lowest BCUT2D eigenvalue weighted by molar-refractivity contribution is -0.144. The van der Waals surface area contributed by atoms with Gasteiger partial charge < -0.3 is 24.5 Å². The number of hydrogen-bond acceptors (Lipinski definition) is 5. The van der Waals surface area contributed by atoms with Crippen LogP contribution in [0.3, 0.4) is 0 Å². The highest BCUT2D eigenvalue weighted by atomic mass is 35.5. The molecule has 3 aliphatic rings. The van der Waals surface area contributed by atoms with Crippen LogP contribution in [0.4, 0.5) is 5.69 Å². The van der Waals surface area contributed by atoms with E-state index in [0.717, 1.165) is 70.4 Å². The fraction of sp³-hybridized carbons (Fsp3) is 0.517. The van der Waals surface area contributed by atoms with Crippen LogP contribution in [0, 0.1) is 0 Å². The Balaban J connectivity index is 1.07. The topological polar surface area (TPSA) is 73.3 Å². The number of rotatable bonds is 6. The molecule has 37 heavy (non-hydrogen) atoms. The molecule has 3 saturated heterocycles. The number of carbonyl (C=O) groups is 2. The van der Waals surface area contributed by atoms with Crippen LogP contribution in [0.25, 0.3) is 0 Å². The molecule has 5 rings (SSSR count). The van der Waals surface area contributed by atoms with Crippen molar-refractivity contribution < 1.29 is 19.4 Å². The Morgan fingerprint density at radius 1 is 0.838 bits per heavy atom. The maximum Gasteiger partial charge on any atom is 0.256 e. The fourth-order valence-electron chi connectivity index (χ4n) is 5.65. The largest absolute Gasteiger partial charge is 0.378 e. The summed E-state index contributed by atoms with van der Waals surface area (Å²) in [7, 11) is 0. The molecule has 198 valence electrons. The van der Waals surface area contributed by atoms with Gasteiger partial charge in [-0.25, -0.2) is 0 Å². The first-order valence-electron chi connectivity index (χ1n) is 13.5. The number of carbonyl (C=O) groups excluding carboxylic acids is 2. The van der Waals surface area contributed by atoms with Gasteiger partial charge in [-0.1, -0.05) is 41.9 Å². The lowest BCUT2D eigenvalue weighted by atomic mass is 10.0. The number of aliphatic hydroxyl groups excluding tert-OH is 1. The van der Waals surface area contributed by atoms with Gasteiger partial charge in [0, 0.05) is 45.0 Å². The van der Waals surface area contributed by atoms with E-state index < -0.39 is 6.10 Å². The van der Waals surface area contributed by atoms with E-state index >= 15 is 0 Å². The van der Waals surface area contributed by atoms with Crippen LogP contribution < -0.4 is 4.90 Å². The van der Waals surface area contributed by atoms with Crippen molar-refractivity contribution in [3.05, 3.63) is 64.7 Å². The normalized spacial score (nSPS) is 20.3. The van der Waals surface area contributed by atoms with Crippen molar-refractivity contribution in [2.75, 3.05) is 44.2 Å². The molecule has 0 spiro atoms. The second kappa shape index (κ2) is 11.8. The SMILES string of the molecule is O=C(c1ccc(N2CCC(OC3CCN(C(=O)C(O)c4ccccc4)CC3)CC2)cc1Cl)N1CCCC1. The van der Waals surface area contributed by atoms with Gasteiger partial charge in [-0.05, 0) is 62.3 Å².